The first kappa shape index (κ1) is 17.4. The van der Waals surface area contributed by atoms with E-state index < -0.39 is 9.84 Å². The van der Waals surface area contributed by atoms with E-state index in [4.69, 9.17) is 0 Å². The molecule has 0 unspecified atom stereocenters. The molecule has 2 aromatic carbocycles. The molecule has 27 heavy (non-hydrogen) atoms. The van der Waals surface area contributed by atoms with E-state index in [0.29, 0.717) is 17.1 Å². The number of hydrogen-bond donors (Lipinski definition) is 1. The van der Waals surface area contributed by atoms with Crippen molar-refractivity contribution in [2.24, 2.45) is 5.92 Å². The average molecular weight is 378 g/mol. The van der Waals surface area contributed by atoms with Gasteiger partial charge in [0.15, 0.2) is 15.5 Å². The third kappa shape index (κ3) is 3.62. The van der Waals surface area contributed by atoms with E-state index in [0.717, 1.165) is 28.7 Å². The summed E-state index contributed by atoms with van der Waals surface area (Å²) in [5.41, 5.74) is 3.52. The highest BCUT2D eigenvalue weighted by Gasteiger charge is 2.22. The fourth-order valence-electron chi connectivity index (χ4n) is 3.01. The Morgan fingerprint density at radius 3 is 2.44 bits per heavy atom. The highest BCUT2D eigenvalue weighted by Crippen LogP contribution is 2.32. The summed E-state index contributed by atoms with van der Waals surface area (Å²) in [6, 6.07) is 14.6. The standard InChI is InChI=1S/C20H18N4O2S/c1-27(25,26)16-7-4-14(5-8-16)15-6-9-17-18(10-15)23-24-19(11-21)20(17)22-12-13-2-3-13/h4-10,13H,2-3,12H2,1H3,(H,22,23). The van der Waals surface area contributed by atoms with Crippen LogP contribution >= 0.6 is 0 Å². The van der Waals surface area contributed by atoms with Crippen LogP contribution in [0.15, 0.2) is 47.4 Å². The van der Waals surface area contributed by atoms with Gasteiger partial charge in [-0.2, -0.15) is 5.26 Å². The smallest absolute Gasteiger partial charge is 0.186 e. The molecule has 0 bridgehead atoms. The minimum atomic E-state index is -3.22. The third-order valence-corrected chi connectivity index (χ3v) is 5.88. The van der Waals surface area contributed by atoms with Crippen LogP contribution in [0, 0.1) is 17.2 Å². The lowest BCUT2D eigenvalue weighted by molar-refractivity contribution is 0.602. The summed E-state index contributed by atoms with van der Waals surface area (Å²) in [5.74, 6) is 0.674. The highest BCUT2D eigenvalue weighted by molar-refractivity contribution is 7.90. The third-order valence-electron chi connectivity index (χ3n) is 4.75. The van der Waals surface area contributed by atoms with E-state index in [1.165, 1.54) is 19.1 Å². The van der Waals surface area contributed by atoms with Gasteiger partial charge in [-0.05, 0) is 54.2 Å². The van der Waals surface area contributed by atoms with Gasteiger partial charge in [-0.25, -0.2) is 8.42 Å². The van der Waals surface area contributed by atoms with Gasteiger partial charge in [0.2, 0.25) is 0 Å². The van der Waals surface area contributed by atoms with Crippen molar-refractivity contribution >= 4 is 26.4 Å². The molecule has 1 saturated carbocycles. The maximum atomic E-state index is 11.6. The van der Waals surface area contributed by atoms with Gasteiger partial charge in [-0.15, -0.1) is 10.2 Å². The summed E-state index contributed by atoms with van der Waals surface area (Å²) in [6.07, 6.45) is 3.63. The summed E-state index contributed by atoms with van der Waals surface area (Å²) >= 11 is 0. The number of rotatable bonds is 5. The SMILES string of the molecule is CS(=O)(=O)c1ccc(-c2ccc3c(NCC4CC4)c(C#N)nnc3c2)cc1. The van der Waals surface area contributed by atoms with E-state index in [9.17, 15) is 13.7 Å². The molecule has 0 saturated heterocycles. The van der Waals surface area contributed by atoms with Crippen LogP contribution in [-0.2, 0) is 9.84 Å². The van der Waals surface area contributed by atoms with Crippen molar-refractivity contribution in [2.45, 2.75) is 17.7 Å². The molecular formula is C20H18N4O2S. The molecule has 3 aromatic rings. The van der Waals surface area contributed by atoms with Crippen LogP contribution in [0.3, 0.4) is 0 Å². The van der Waals surface area contributed by atoms with Crippen molar-refractivity contribution in [3.05, 3.63) is 48.2 Å². The Bertz CT molecular complexity index is 1160. The normalized spacial score (nSPS) is 14.1. The molecule has 0 radical (unpaired) electrons. The molecule has 0 atom stereocenters. The van der Waals surface area contributed by atoms with E-state index in [-0.39, 0.29) is 4.90 Å². The first-order valence-corrected chi connectivity index (χ1v) is 10.6. The van der Waals surface area contributed by atoms with Crippen molar-refractivity contribution in [1.82, 2.24) is 10.2 Å². The Kier molecular flexibility index (Phi) is 4.28. The van der Waals surface area contributed by atoms with Crippen molar-refractivity contribution in [1.29, 1.82) is 5.26 Å². The zero-order valence-electron chi connectivity index (χ0n) is 14.8. The maximum Gasteiger partial charge on any atom is 0.186 e. The second-order valence-corrected chi connectivity index (χ2v) is 8.90. The monoisotopic (exact) mass is 378 g/mol. The lowest BCUT2D eigenvalue weighted by Gasteiger charge is -2.11. The molecule has 1 aliphatic rings. The minimum absolute atomic E-state index is 0.289. The lowest BCUT2D eigenvalue weighted by atomic mass is 10.0. The number of nitriles is 1. The number of anilines is 1. The van der Waals surface area contributed by atoms with Crippen LogP contribution < -0.4 is 5.32 Å². The molecular weight excluding hydrogens is 360 g/mol. The van der Waals surface area contributed by atoms with Gasteiger partial charge >= 0.3 is 0 Å². The van der Waals surface area contributed by atoms with Crippen molar-refractivity contribution in [3.63, 3.8) is 0 Å². The molecule has 1 heterocycles. The second-order valence-electron chi connectivity index (χ2n) is 6.89. The van der Waals surface area contributed by atoms with E-state index in [1.54, 1.807) is 24.3 Å². The van der Waals surface area contributed by atoms with Crippen molar-refractivity contribution < 1.29 is 8.42 Å². The quantitative estimate of drug-likeness (QED) is 0.731. The van der Waals surface area contributed by atoms with Gasteiger partial charge in [0.1, 0.15) is 6.07 Å². The number of benzene rings is 2. The van der Waals surface area contributed by atoms with Crippen molar-refractivity contribution in [3.8, 4) is 17.2 Å². The average Bonchev–Trinajstić information content (AvgIpc) is 3.49. The first-order valence-electron chi connectivity index (χ1n) is 8.70. The van der Waals surface area contributed by atoms with E-state index in [1.807, 2.05) is 18.2 Å². The van der Waals surface area contributed by atoms with E-state index in [2.05, 4.69) is 21.6 Å². The summed E-state index contributed by atoms with van der Waals surface area (Å²) in [5, 5.41) is 21.8. The molecule has 7 heteroatoms. The Hall–Kier alpha value is -2.98. The van der Waals surface area contributed by atoms with Gasteiger partial charge in [-0.3, -0.25) is 0 Å². The molecule has 1 N–H and O–H groups in total. The molecule has 0 spiro atoms. The Morgan fingerprint density at radius 2 is 1.81 bits per heavy atom. The van der Waals surface area contributed by atoms with Crippen LogP contribution in [0.4, 0.5) is 5.69 Å². The second kappa shape index (κ2) is 6.63. The number of aromatic nitrogens is 2. The van der Waals surface area contributed by atoms with Crippen LogP contribution in [-0.4, -0.2) is 31.4 Å². The molecule has 136 valence electrons. The van der Waals surface area contributed by atoms with Gasteiger partial charge in [-0.1, -0.05) is 18.2 Å². The fraction of sp³-hybridized carbons (Fsp3) is 0.250. The van der Waals surface area contributed by atoms with Crippen LogP contribution in [0.5, 0.6) is 0 Å². The highest BCUT2D eigenvalue weighted by atomic mass is 32.2. The van der Waals surface area contributed by atoms with Crippen LogP contribution in [0.1, 0.15) is 18.5 Å². The molecule has 1 aromatic heterocycles. The largest absolute Gasteiger partial charge is 0.382 e. The number of sulfone groups is 1. The van der Waals surface area contributed by atoms with Gasteiger partial charge in [0.05, 0.1) is 16.1 Å². The lowest BCUT2D eigenvalue weighted by Crippen LogP contribution is -2.07. The number of hydrogen-bond acceptors (Lipinski definition) is 6. The van der Waals surface area contributed by atoms with E-state index >= 15 is 0 Å². The topological polar surface area (TPSA) is 95.7 Å². The number of nitrogens with one attached hydrogen (secondary N) is 1. The summed E-state index contributed by atoms with van der Waals surface area (Å²) < 4.78 is 23.2. The predicted octanol–water partition coefficient (Wildman–Crippen LogP) is 3.39. The Morgan fingerprint density at radius 1 is 1.11 bits per heavy atom. The molecule has 1 fully saturated rings. The Balaban J connectivity index is 1.73. The summed E-state index contributed by atoms with van der Waals surface area (Å²) in [6.45, 7) is 0.837. The van der Waals surface area contributed by atoms with Crippen molar-refractivity contribution in [2.75, 3.05) is 18.1 Å². The molecule has 1 aliphatic carbocycles. The van der Waals surface area contributed by atoms with Gasteiger partial charge in [0.25, 0.3) is 0 Å². The molecule has 0 amide bonds. The molecule has 4 rings (SSSR count). The molecule has 6 nitrogen and oxygen atoms in total. The zero-order chi connectivity index (χ0) is 19.0. The van der Waals surface area contributed by atoms with Gasteiger partial charge in [0, 0.05) is 18.2 Å². The van der Waals surface area contributed by atoms with Crippen LogP contribution in [0.2, 0.25) is 0 Å². The predicted molar refractivity (Wildman–Crippen MR) is 104 cm³/mol. The molecule has 0 aliphatic heterocycles. The fourth-order valence-corrected chi connectivity index (χ4v) is 3.64. The van der Waals surface area contributed by atoms with Crippen LogP contribution in [0.25, 0.3) is 22.0 Å². The summed E-state index contributed by atoms with van der Waals surface area (Å²) in [7, 11) is -3.22. The zero-order valence-corrected chi connectivity index (χ0v) is 15.6. The maximum absolute atomic E-state index is 11.6. The first-order chi connectivity index (χ1) is 13.0. The number of nitrogens with zero attached hydrogens (tertiary/aromatic N) is 3. The van der Waals surface area contributed by atoms with Gasteiger partial charge < -0.3 is 5.32 Å². The Labute approximate surface area is 157 Å². The number of fused-ring (bicyclic) bond motifs is 1. The minimum Gasteiger partial charge on any atom is -0.382 e. The summed E-state index contributed by atoms with van der Waals surface area (Å²) in [4.78, 5) is 0.289.